The van der Waals surface area contributed by atoms with Crippen LogP contribution >= 0.6 is 11.6 Å². The molecule has 3 heterocycles. The number of pyridine rings is 1. The maximum absolute atomic E-state index is 6.52. The van der Waals surface area contributed by atoms with E-state index in [2.05, 4.69) is 27.6 Å². The van der Waals surface area contributed by atoms with Crippen LogP contribution in [0.4, 0.5) is 0 Å². The molecule has 6 heteroatoms. The predicted octanol–water partition coefficient (Wildman–Crippen LogP) is 3.88. The van der Waals surface area contributed by atoms with E-state index in [0.717, 1.165) is 59.1 Å². The second-order valence-corrected chi connectivity index (χ2v) is 7.85. The number of aromatic nitrogens is 3. The molecule has 0 spiro atoms. The van der Waals surface area contributed by atoms with E-state index in [1.54, 1.807) is 0 Å². The standard InChI is InChI=1S/C20H22ClN5/c1-12-6-8-18-20(23-12)26(14-7-9-17-13(10-14)11-22-25-17)19(24-18)15-4-2-3-5-16(15)21/h2-6,8,13-14,17,22,25H,7,9-11H2,1H3. The zero-order valence-electron chi connectivity index (χ0n) is 14.7. The SMILES string of the molecule is Cc1ccc2nc(-c3ccccc3Cl)n(C3CCC4NNCC4C3)c2n1. The van der Waals surface area contributed by atoms with Crippen molar-refractivity contribution in [1.29, 1.82) is 0 Å². The van der Waals surface area contributed by atoms with Crippen LogP contribution in [0.15, 0.2) is 36.4 Å². The maximum atomic E-state index is 6.52. The van der Waals surface area contributed by atoms with E-state index in [1.165, 1.54) is 0 Å². The van der Waals surface area contributed by atoms with E-state index >= 15 is 0 Å². The highest BCUT2D eigenvalue weighted by Crippen LogP contribution is 2.39. The van der Waals surface area contributed by atoms with E-state index in [4.69, 9.17) is 21.6 Å². The summed E-state index contributed by atoms with van der Waals surface area (Å²) in [6, 6.07) is 13.0. The normalized spacial score (nSPS) is 25.5. The van der Waals surface area contributed by atoms with E-state index in [-0.39, 0.29) is 0 Å². The van der Waals surface area contributed by atoms with Crippen molar-refractivity contribution in [2.24, 2.45) is 5.92 Å². The van der Waals surface area contributed by atoms with Crippen molar-refractivity contribution in [3.63, 3.8) is 0 Å². The summed E-state index contributed by atoms with van der Waals surface area (Å²) in [4.78, 5) is 9.77. The van der Waals surface area contributed by atoms with Gasteiger partial charge in [0.05, 0.1) is 5.02 Å². The number of aryl methyl sites for hydroxylation is 1. The molecule has 3 aromatic rings. The van der Waals surface area contributed by atoms with Crippen molar-refractivity contribution in [3.8, 4) is 11.4 Å². The zero-order chi connectivity index (χ0) is 17.7. The van der Waals surface area contributed by atoms with Crippen molar-refractivity contribution in [3.05, 3.63) is 47.1 Å². The molecule has 1 aromatic carbocycles. The molecule has 5 nitrogen and oxygen atoms in total. The second kappa shape index (κ2) is 6.34. The van der Waals surface area contributed by atoms with Gasteiger partial charge in [-0.25, -0.2) is 9.97 Å². The van der Waals surface area contributed by atoms with E-state index < -0.39 is 0 Å². The average molecular weight is 368 g/mol. The van der Waals surface area contributed by atoms with Crippen molar-refractivity contribution in [2.75, 3.05) is 6.54 Å². The number of nitrogens with one attached hydrogen (secondary N) is 2. The average Bonchev–Trinajstić information content (AvgIpc) is 3.25. The van der Waals surface area contributed by atoms with Gasteiger partial charge in [-0.1, -0.05) is 23.7 Å². The minimum Gasteiger partial charge on any atom is -0.306 e. The Hall–Kier alpha value is -1.95. The molecule has 0 amide bonds. The number of hydrogen-bond acceptors (Lipinski definition) is 4. The maximum Gasteiger partial charge on any atom is 0.160 e. The van der Waals surface area contributed by atoms with Gasteiger partial charge in [0, 0.05) is 29.9 Å². The molecule has 3 unspecified atom stereocenters. The van der Waals surface area contributed by atoms with Crippen LogP contribution in [0, 0.1) is 12.8 Å². The fourth-order valence-electron chi connectivity index (χ4n) is 4.46. The van der Waals surface area contributed by atoms with Gasteiger partial charge in [0.15, 0.2) is 5.65 Å². The highest BCUT2D eigenvalue weighted by Gasteiger charge is 2.36. The van der Waals surface area contributed by atoms with Crippen LogP contribution in [0.5, 0.6) is 0 Å². The number of hydrogen-bond donors (Lipinski definition) is 2. The molecule has 2 aliphatic rings. The van der Waals surface area contributed by atoms with E-state index in [0.29, 0.717) is 18.0 Å². The number of benzene rings is 1. The largest absolute Gasteiger partial charge is 0.306 e. The van der Waals surface area contributed by atoms with Crippen LogP contribution in [-0.2, 0) is 0 Å². The number of halogens is 1. The molecule has 26 heavy (non-hydrogen) atoms. The Morgan fingerprint density at radius 3 is 2.88 bits per heavy atom. The van der Waals surface area contributed by atoms with Crippen molar-refractivity contribution in [2.45, 2.75) is 38.3 Å². The van der Waals surface area contributed by atoms with Crippen molar-refractivity contribution < 1.29 is 0 Å². The summed E-state index contributed by atoms with van der Waals surface area (Å²) < 4.78 is 2.35. The van der Waals surface area contributed by atoms with Gasteiger partial charge in [-0.05, 0) is 56.4 Å². The summed E-state index contributed by atoms with van der Waals surface area (Å²) in [5.41, 5.74) is 10.6. The van der Waals surface area contributed by atoms with Crippen molar-refractivity contribution in [1.82, 2.24) is 25.4 Å². The minimum absolute atomic E-state index is 0.392. The molecule has 5 rings (SSSR count). The predicted molar refractivity (Wildman–Crippen MR) is 104 cm³/mol. The van der Waals surface area contributed by atoms with Crippen LogP contribution in [0.3, 0.4) is 0 Å². The Bertz CT molecular complexity index is 966. The Labute approximate surface area is 157 Å². The highest BCUT2D eigenvalue weighted by atomic mass is 35.5. The smallest absolute Gasteiger partial charge is 0.160 e. The molecule has 3 atom stereocenters. The second-order valence-electron chi connectivity index (χ2n) is 7.44. The van der Waals surface area contributed by atoms with Crippen LogP contribution in [-0.4, -0.2) is 27.1 Å². The van der Waals surface area contributed by atoms with Gasteiger partial charge < -0.3 is 4.57 Å². The van der Waals surface area contributed by atoms with Gasteiger partial charge in [0.2, 0.25) is 0 Å². The monoisotopic (exact) mass is 367 g/mol. The summed E-state index contributed by atoms with van der Waals surface area (Å²) in [7, 11) is 0. The van der Waals surface area contributed by atoms with Crippen LogP contribution in [0.25, 0.3) is 22.6 Å². The Morgan fingerprint density at radius 1 is 1.12 bits per heavy atom. The molecule has 2 N–H and O–H groups in total. The molecule has 1 saturated heterocycles. The first-order chi connectivity index (χ1) is 12.7. The number of fused-ring (bicyclic) bond motifs is 2. The fourth-order valence-corrected chi connectivity index (χ4v) is 4.68. The first-order valence-corrected chi connectivity index (χ1v) is 9.67. The molecule has 1 aliphatic carbocycles. The van der Waals surface area contributed by atoms with Crippen molar-refractivity contribution >= 4 is 22.8 Å². The highest BCUT2D eigenvalue weighted by molar-refractivity contribution is 6.33. The topological polar surface area (TPSA) is 54.8 Å². The Kier molecular flexibility index (Phi) is 3.96. The van der Waals surface area contributed by atoms with Crippen LogP contribution in [0.2, 0.25) is 5.02 Å². The van der Waals surface area contributed by atoms with Gasteiger partial charge >= 0.3 is 0 Å². The number of nitrogens with zero attached hydrogens (tertiary/aromatic N) is 3. The number of imidazole rings is 1. The molecule has 0 radical (unpaired) electrons. The first-order valence-electron chi connectivity index (χ1n) is 9.29. The zero-order valence-corrected chi connectivity index (χ0v) is 15.5. The summed E-state index contributed by atoms with van der Waals surface area (Å²) >= 11 is 6.52. The molecule has 134 valence electrons. The molecule has 1 aliphatic heterocycles. The van der Waals surface area contributed by atoms with Crippen LogP contribution < -0.4 is 10.9 Å². The summed E-state index contributed by atoms with van der Waals surface area (Å²) in [6.45, 7) is 3.06. The van der Waals surface area contributed by atoms with E-state index in [1.807, 2.05) is 31.2 Å². The lowest BCUT2D eigenvalue weighted by Crippen LogP contribution is -2.36. The molecule has 1 saturated carbocycles. The third kappa shape index (κ3) is 2.62. The quantitative estimate of drug-likeness (QED) is 0.721. The third-order valence-electron chi connectivity index (χ3n) is 5.76. The fraction of sp³-hybridized carbons (Fsp3) is 0.400. The van der Waals surface area contributed by atoms with Gasteiger partial charge in [-0.3, -0.25) is 10.9 Å². The molecular formula is C20H22ClN5. The van der Waals surface area contributed by atoms with E-state index in [9.17, 15) is 0 Å². The third-order valence-corrected chi connectivity index (χ3v) is 6.09. The minimum atomic E-state index is 0.392. The molecular weight excluding hydrogens is 346 g/mol. The van der Waals surface area contributed by atoms with Gasteiger partial charge in [-0.15, -0.1) is 0 Å². The van der Waals surface area contributed by atoms with Crippen LogP contribution in [0.1, 0.15) is 31.0 Å². The van der Waals surface area contributed by atoms with Gasteiger partial charge in [-0.2, -0.15) is 0 Å². The molecule has 2 fully saturated rings. The summed E-state index contributed by atoms with van der Waals surface area (Å²) in [6.07, 6.45) is 3.41. The Balaban J connectivity index is 1.68. The lowest BCUT2D eigenvalue weighted by Gasteiger charge is -2.32. The van der Waals surface area contributed by atoms with Gasteiger partial charge in [0.25, 0.3) is 0 Å². The Morgan fingerprint density at radius 2 is 2.00 bits per heavy atom. The lowest BCUT2D eigenvalue weighted by molar-refractivity contribution is 0.257. The molecule has 2 aromatic heterocycles. The first kappa shape index (κ1) is 16.2. The summed E-state index contributed by atoms with van der Waals surface area (Å²) in [5, 5.41) is 0.735. The lowest BCUT2D eigenvalue weighted by atomic mass is 9.82. The number of rotatable bonds is 2. The summed E-state index contributed by atoms with van der Waals surface area (Å²) in [5.74, 6) is 1.58. The molecule has 0 bridgehead atoms. The van der Waals surface area contributed by atoms with Gasteiger partial charge in [0.1, 0.15) is 11.3 Å². The number of hydrazine groups is 1.